The maximum atomic E-state index is 12.3. The van der Waals surface area contributed by atoms with Crippen LogP contribution >= 0.6 is 0 Å². The minimum absolute atomic E-state index is 0.196. The molecule has 0 aliphatic carbocycles. The zero-order chi connectivity index (χ0) is 18.3. The van der Waals surface area contributed by atoms with Crippen LogP contribution in [-0.4, -0.2) is 31.5 Å². The molecule has 1 N–H and O–H groups in total. The summed E-state index contributed by atoms with van der Waals surface area (Å²) in [6.45, 7) is 6.30. The molecule has 1 heterocycles. The number of rotatable bonds is 3. The summed E-state index contributed by atoms with van der Waals surface area (Å²) in [7, 11) is -3.72. The van der Waals surface area contributed by atoms with Gasteiger partial charge in [0, 0.05) is 5.56 Å². The molecule has 0 bridgehead atoms. The predicted molar refractivity (Wildman–Crippen MR) is 88.7 cm³/mol. The first-order valence-corrected chi connectivity index (χ1v) is 8.92. The van der Waals surface area contributed by atoms with Gasteiger partial charge in [-0.25, -0.2) is 12.7 Å². The van der Waals surface area contributed by atoms with E-state index in [1.807, 2.05) is 6.07 Å². The second-order valence-electron chi connectivity index (χ2n) is 6.95. The first-order valence-electron chi connectivity index (χ1n) is 7.31. The van der Waals surface area contributed by atoms with Crippen molar-refractivity contribution in [3.63, 3.8) is 0 Å². The van der Waals surface area contributed by atoms with Gasteiger partial charge in [-0.15, -0.1) is 0 Å². The molecule has 1 aromatic carbocycles. The van der Waals surface area contributed by atoms with E-state index in [-0.39, 0.29) is 17.0 Å². The van der Waals surface area contributed by atoms with Crippen LogP contribution in [0, 0.1) is 16.7 Å². The van der Waals surface area contributed by atoms with E-state index in [4.69, 9.17) is 5.26 Å². The normalized spacial score (nSPS) is 19.0. The van der Waals surface area contributed by atoms with Crippen LogP contribution < -0.4 is 9.62 Å². The van der Waals surface area contributed by atoms with Crippen molar-refractivity contribution in [2.75, 3.05) is 10.1 Å². The van der Waals surface area contributed by atoms with Gasteiger partial charge in [-0.05, 0) is 52.0 Å². The number of nitrogens with one attached hydrogen (secondary N) is 1. The number of amides is 2. The Kier molecular flexibility index (Phi) is 4.19. The minimum Gasteiger partial charge on any atom is -0.334 e. The largest absolute Gasteiger partial charge is 0.334 e. The second kappa shape index (κ2) is 5.60. The Hall–Kier alpha value is -2.40. The molecule has 7 nitrogen and oxygen atoms in total. The first-order chi connectivity index (χ1) is 10.9. The van der Waals surface area contributed by atoms with Gasteiger partial charge < -0.3 is 5.32 Å². The zero-order valence-corrected chi connectivity index (χ0v) is 14.8. The highest BCUT2D eigenvalue weighted by molar-refractivity contribution is 7.94. The fourth-order valence-corrected chi connectivity index (χ4v) is 4.50. The van der Waals surface area contributed by atoms with Crippen molar-refractivity contribution in [1.29, 1.82) is 5.26 Å². The standard InChI is InChI=1S/C16H19N3O4S/c1-15(2)10-24(22,23)19(14(15)21)12-7-5-11(6-8-12)13(20)18-16(3,4)9-17/h5-8H,10H2,1-4H3,(H,18,20). The van der Waals surface area contributed by atoms with Gasteiger partial charge in [0.15, 0.2) is 0 Å². The van der Waals surface area contributed by atoms with Crippen molar-refractivity contribution in [3.05, 3.63) is 29.8 Å². The van der Waals surface area contributed by atoms with Crippen LogP contribution in [0.2, 0.25) is 0 Å². The zero-order valence-electron chi connectivity index (χ0n) is 14.0. The van der Waals surface area contributed by atoms with E-state index in [2.05, 4.69) is 5.32 Å². The highest BCUT2D eigenvalue weighted by Gasteiger charge is 2.49. The number of benzene rings is 1. The number of nitriles is 1. The number of hydrogen-bond acceptors (Lipinski definition) is 5. The van der Waals surface area contributed by atoms with E-state index in [1.165, 1.54) is 24.3 Å². The van der Waals surface area contributed by atoms with E-state index >= 15 is 0 Å². The lowest BCUT2D eigenvalue weighted by molar-refractivity contribution is -0.123. The van der Waals surface area contributed by atoms with Crippen LogP contribution in [0.3, 0.4) is 0 Å². The van der Waals surface area contributed by atoms with Gasteiger partial charge in [-0.3, -0.25) is 9.59 Å². The van der Waals surface area contributed by atoms with Crippen molar-refractivity contribution in [2.45, 2.75) is 33.2 Å². The lowest BCUT2D eigenvalue weighted by Gasteiger charge is -2.19. The molecule has 0 saturated carbocycles. The van der Waals surface area contributed by atoms with Crippen molar-refractivity contribution < 1.29 is 18.0 Å². The molecule has 2 amide bonds. The molecule has 8 heteroatoms. The molecule has 1 saturated heterocycles. The molecule has 1 fully saturated rings. The second-order valence-corrected chi connectivity index (χ2v) is 8.77. The van der Waals surface area contributed by atoms with Gasteiger partial charge in [-0.2, -0.15) is 5.26 Å². The molecule has 1 aromatic rings. The summed E-state index contributed by atoms with van der Waals surface area (Å²) >= 11 is 0. The number of carbonyl (C=O) groups excluding carboxylic acids is 2. The van der Waals surface area contributed by atoms with E-state index in [9.17, 15) is 18.0 Å². The van der Waals surface area contributed by atoms with Crippen molar-refractivity contribution in [1.82, 2.24) is 5.32 Å². The van der Waals surface area contributed by atoms with E-state index in [0.29, 0.717) is 0 Å². The summed E-state index contributed by atoms with van der Waals surface area (Å²) in [5, 5.41) is 11.5. The van der Waals surface area contributed by atoms with E-state index in [0.717, 1.165) is 4.31 Å². The van der Waals surface area contributed by atoms with E-state index in [1.54, 1.807) is 27.7 Å². The van der Waals surface area contributed by atoms with Gasteiger partial charge in [0.25, 0.3) is 5.91 Å². The smallest absolute Gasteiger partial charge is 0.252 e. The Morgan fingerprint density at radius 3 is 2.25 bits per heavy atom. The van der Waals surface area contributed by atoms with Crippen LogP contribution in [-0.2, 0) is 14.8 Å². The summed E-state index contributed by atoms with van der Waals surface area (Å²) in [5.74, 6) is -1.20. The molecule has 128 valence electrons. The Bertz CT molecular complexity index is 833. The predicted octanol–water partition coefficient (Wildman–Crippen LogP) is 1.42. The van der Waals surface area contributed by atoms with Crippen LogP contribution in [0.15, 0.2) is 24.3 Å². The molecule has 0 radical (unpaired) electrons. The molecule has 0 unspecified atom stereocenters. The first kappa shape index (κ1) is 17.9. The minimum atomic E-state index is -3.72. The van der Waals surface area contributed by atoms with Gasteiger partial charge in [0.1, 0.15) is 5.54 Å². The lowest BCUT2D eigenvalue weighted by atomic mass is 9.95. The van der Waals surface area contributed by atoms with Gasteiger partial charge in [0.05, 0.1) is 22.9 Å². The van der Waals surface area contributed by atoms with Crippen LogP contribution in [0.4, 0.5) is 5.69 Å². The quantitative estimate of drug-likeness (QED) is 0.888. The fourth-order valence-electron chi connectivity index (χ4n) is 2.39. The van der Waals surface area contributed by atoms with Crippen molar-refractivity contribution >= 4 is 27.5 Å². The van der Waals surface area contributed by atoms with Gasteiger partial charge in [-0.1, -0.05) is 0 Å². The van der Waals surface area contributed by atoms with Crippen LogP contribution in [0.25, 0.3) is 0 Å². The Morgan fingerprint density at radius 2 is 1.83 bits per heavy atom. The third-order valence-electron chi connectivity index (χ3n) is 3.65. The highest BCUT2D eigenvalue weighted by Crippen LogP contribution is 2.35. The monoisotopic (exact) mass is 349 g/mol. The van der Waals surface area contributed by atoms with Crippen LogP contribution in [0.1, 0.15) is 38.1 Å². The summed E-state index contributed by atoms with van der Waals surface area (Å²) in [6, 6.07) is 7.62. The number of anilines is 1. The fraction of sp³-hybridized carbons (Fsp3) is 0.438. The Labute approximate surface area is 141 Å². The third-order valence-corrected chi connectivity index (χ3v) is 5.67. The SMILES string of the molecule is CC(C)(C#N)NC(=O)c1ccc(N2C(=O)C(C)(C)CS2(=O)=O)cc1. The third kappa shape index (κ3) is 3.26. The summed E-state index contributed by atoms with van der Waals surface area (Å²) in [6.07, 6.45) is 0. The molecule has 0 spiro atoms. The number of sulfonamides is 1. The molecular formula is C16H19N3O4S. The van der Waals surface area contributed by atoms with E-state index < -0.39 is 32.8 Å². The Balaban J connectivity index is 2.29. The molecule has 2 rings (SSSR count). The average molecular weight is 349 g/mol. The van der Waals surface area contributed by atoms with Crippen LogP contribution in [0.5, 0.6) is 0 Å². The maximum absolute atomic E-state index is 12.3. The number of carbonyl (C=O) groups is 2. The van der Waals surface area contributed by atoms with Crippen molar-refractivity contribution in [2.24, 2.45) is 5.41 Å². The Morgan fingerprint density at radius 1 is 1.29 bits per heavy atom. The topological polar surface area (TPSA) is 107 Å². The summed E-state index contributed by atoms with van der Waals surface area (Å²) in [5.41, 5.74) is -1.54. The average Bonchev–Trinajstić information content (AvgIpc) is 2.62. The molecule has 24 heavy (non-hydrogen) atoms. The molecule has 0 aromatic heterocycles. The summed E-state index contributed by atoms with van der Waals surface area (Å²) < 4.78 is 25.2. The van der Waals surface area contributed by atoms with Crippen molar-refractivity contribution in [3.8, 4) is 6.07 Å². The molecular weight excluding hydrogens is 330 g/mol. The highest BCUT2D eigenvalue weighted by atomic mass is 32.2. The number of nitrogens with zero attached hydrogens (tertiary/aromatic N) is 2. The molecule has 1 aliphatic heterocycles. The summed E-state index contributed by atoms with van der Waals surface area (Å²) in [4.78, 5) is 24.4. The number of hydrogen-bond donors (Lipinski definition) is 1. The molecule has 0 atom stereocenters. The maximum Gasteiger partial charge on any atom is 0.252 e. The van der Waals surface area contributed by atoms with Gasteiger partial charge >= 0.3 is 0 Å². The molecule has 1 aliphatic rings. The lowest BCUT2D eigenvalue weighted by Crippen LogP contribution is -2.42. The van der Waals surface area contributed by atoms with Gasteiger partial charge in [0.2, 0.25) is 15.9 Å².